The molecule has 0 aliphatic rings. The molecule has 0 fully saturated rings. The lowest BCUT2D eigenvalue weighted by Gasteiger charge is -2.07. The van der Waals surface area contributed by atoms with E-state index in [-0.39, 0.29) is 0 Å². The number of nitrogens with zero attached hydrogens (tertiary/aromatic N) is 1. The summed E-state index contributed by atoms with van der Waals surface area (Å²) in [7, 11) is 0. The Hall–Kier alpha value is -1.68. The van der Waals surface area contributed by atoms with Crippen LogP contribution in [0.15, 0.2) is 36.7 Å². The largest absolute Gasteiger partial charge is 0.381 e. The second kappa shape index (κ2) is 5.10. The maximum absolute atomic E-state index is 12.9. The molecule has 1 N–H and O–H groups in total. The Balaban J connectivity index is 2.10. The zero-order valence-electron chi connectivity index (χ0n) is 8.75. The highest BCUT2D eigenvalue weighted by Crippen LogP contribution is 2.17. The molecule has 0 aliphatic heterocycles. The van der Waals surface area contributed by atoms with Crippen molar-refractivity contribution < 1.29 is 8.78 Å². The lowest BCUT2D eigenvalue weighted by molar-refractivity contribution is 0.584. The molecule has 88 valence electrons. The molecule has 0 amide bonds. The highest BCUT2D eigenvalue weighted by atomic mass is 35.5. The minimum atomic E-state index is -0.617. The molecule has 0 saturated carbocycles. The predicted octanol–water partition coefficient (Wildman–Crippen LogP) is 3.63. The van der Waals surface area contributed by atoms with E-state index in [2.05, 4.69) is 10.3 Å². The molecule has 0 spiro atoms. The predicted molar refractivity (Wildman–Crippen MR) is 62.9 cm³/mol. The van der Waals surface area contributed by atoms with Gasteiger partial charge in [0.2, 0.25) is 0 Å². The highest BCUT2D eigenvalue weighted by molar-refractivity contribution is 6.31. The second-order valence-corrected chi connectivity index (χ2v) is 3.89. The van der Waals surface area contributed by atoms with Gasteiger partial charge in [-0.25, -0.2) is 8.78 Å². The molecule has 5 heteroatoms. The molecule has 0 saturated heterocycles. The highest BCUT2D eigenvalue weighted by Gasteiger charge is 2.02. The summed E-state index contributed by atoms with van der Waals surface area (Å²) >= 11 is 5.90. The number of benzene rings is 1. The van der Waals surface area contributed by atoms with Crippen molar-refractivity contribution in [3.63, 3.8) is 0 Å². The number of hydrogen-bond acceptors (Lipinski definition) is 2. The van der Waals surface area contributed by atoms with Crippen molar-refractivity contribution in [2.75, 3.05) is 5.32 Å². The van der Waals surface area contributed by atoms with Crippen LogP contribution < -0.4 is 5.32 Å². The summed E-state index contributed by atoms with van der Waals surface area (Å²) in [5.74, 6) is -1.23. The third kappa shape index (κ3) is 3.14. The lowest BCUT2D eigenvalue weighted by atomic mass is 10.2. The SMILES string of the molecule is Fc1cc(F)cc(NCc2ccncc2Cl)c1. The number of rotatable bonds is 3. The van der Waals surface area contributed by atoms with Gasteiger partial charge in [0.15, 0.2) is 0 Å². The van der Waals surface area contributed by atoms with Crippen LogP contribution in [0.3, 0.4) is 0 Å². The number of hydrogen-bond donors (Lipinski definition) is 1. The van der Waals surface area contributed by atoms with Crippen LogP contribution in [0, 0.1) is 11.6 Å². The van der Waals surface area contributed by atoms with Crippen molar-refractivity contribution in [2.45, 2.75) is 6.54 Å². The van der Waals surface area contributed by atoms with Gasteiger partial charge in [-0.15, -0.1) is 0 Å². The van der Waals surface area contributed by atoms with Crippen LogP contribution in [-0.4, -0.2) is 4.98 Å². The third-order valence-electron chi connectivity index (χ3n) is 2.20. The van der Waals surface area contributed by atoms with Crippen LogP contribution in [0.1, 0.15) is 5.56 Å². The van der Waals surface area contributed by atoms with Gasteiger partial charge in [0.1, 0.15) is 11.6 Å². The Kier molecular flexibility index (Phi) is 3.54. The molecule has 17 heavy (non-hydrogen) atoms. The summed E-state index contributed by atoms with van der Waals surface area (Å²) < 4.78 is 25.8. The van der Waals surface area contributed by atoms with E-state index in [0.29, 0.717) is 17.3 Å². The van der Waals surface area contributed by atoms with Crippen molar-refractivity contribution in [1.82, 2.24) is 4.98 Å². The van der Waals surface area contributed by atoms with E-state index < -0.39 is 11.6 Å². The van der Waals surface area contributed by atoms with Crippen molar-refractivity contribution in [1.29, 1.82) is 0 Å². The van der Waals surface area contributed by atoms with E-state index in [1.165, 1.54) is 18.3 Å². The van der Waals surface area contributed by atoms with Crippen LogP contribution >= 0.6 is 11.6 Å². The van der Waals surface area contributed by atoms with E-state index in [1.807, 2.05) is 0 Å². The average Bonchev–Trinajstić information content (AvgIpc) is 2.27. The zero-order valence-corrected chi connectivity index (χ0v) is 9.51. The lowest BCUT2D eigenvalue weighted by Crippen LogP contribution is -2.01. The Morgan fingerprint density at radius 2 is 1.88 bits per heavy atom. The van der Waals surface area contributed by atoms with Crippen LogP contribution in [0.25, 0.3) is 0 Å². The first-order valence-corrected chi connectivity index (χ1v) is 5.31. The molecular weight excluding hydrogens is 246 g/mol. The van der Waals surface area contributed by atoms with Gasteiger partial charge in [-0.3, -0.25) is 4.98 Å². The number of anilines is 1. The molecule has 0 unspecified atom stereocenters. The van der Waals surface area contributed by atoms with Crippen LogP contribution in [0.2, 0.25) is 5.02 Å². The molecule has 0 aliphatic carbocycles. The maximum Gasteiger partial charge on any atom is 0.128 e. The van der Waals surface area contributed by atoms with E-state index >= 15 is 0 Å². The quantitative estimate of drug-likeness (QED) is 0.905. The molecule has 0 bridgehead atoms. The Labute approximate surface area is 102 Å². The number of nitrogens with one attached hydrogen (secondary N) is 1. The third-order valence-corrected chi connectivity index (χ3v) is 2.54. The van der Waals surface area contributed by atoms with Crippen molar-refractivity contribution >= 4 is 17.3 Å². The van der Waals surface area contributed by atoms with Gasteiger partial charge >= 0.3 is 0 Å². The van der Waals surface area contributed by atoms with E-state index in [0.717, 1.165) is 11.6 Å². The van der Waals surface area contributed by atoms with Gasteiger partial charge in [-0.2, -0.15) is 0 Å². The molecule has 1 aromatic carbocycles. The molecule has 0 radical (unpaired) electrons. The molecule has 0 atom stereocenters. The van der Waals surface area contributed by atoms with Crippen molar-refractivity contribution in [3.8, 4) is 0 Å². The van der Waals surface area contributed by atoms with Gasteiger partial charge < -0.3 is 5.32 Å². The minimum absolute atomic E-state index is 0.371. The van der Waals surface area contributed by atoms with Gasteiger partial charge in [0, 0.05) is 30.7 Å². The fourth-order valence-electron chi connectivity index (χ4n) is 1.40. The van der Waals surface area contributed by atoms with Crippen LogP contribution in [0.5, 0.6) is 0 Å². The molecule has 1 heterocycles. The monoisotopic (exact) mass is 254 g/mol. The normalized spacial score (nSPS) is 10.3. The summed E-state index contributed by atoms with van der Waals surface area (Å²) in [4.78, 5) is 3.85. The molecule has 1 aromatic heterocycles. The fraction of sp³-hybridized carbons (Fsp3) is 0.0833. The van der Waals surface area contributed by atoms with Crippen molar-refractivity contribution in [3.05, 3.63) is 58.9 Å². The standard InChI is InChI=1S/C12H9ClF2N2/c13-12-7-16-2-1-8(12)6-17-11-4-9(14)3-10(15)5-11/h1-5,7,17H,6H2. The fourth-order valence-corrected chi connectivity index (χ4v) is 1.59. The minimum Gasteiger partial charge on any atom is -0.381 e. The Bertz CT molecular complexity index is 511. The molecule has 2 aromatic rings. The van der Waals surface area contributed by atoms with Crippen LogP contribution in [0.4, 0.5) is 14.5 Å². The zero-order chi connectivity index (χ0) is 12.3. The van der Waals surface area contributed by atoms with Crippen molar-refractivity contribution in [2.24, 2.45) is 0 Å². The van der Waals surface area contributed by atoms with Gasteiger partial charge in [0.25, 0.3) is 0 Å². The average molecular weight is 255 g/mol. The molecule has 2 nitrogen and oxygen atoms in total. The Morgan fingerprint density at radius 3 is 2.53 bits per heavy atom. The Morgan fingerprint density at radius 1 is 1.18 bits per heavy atom. The van der Waals surface area contributed by atoms with Gasteiger partial charge in [-0.05, 0) is 23.8 Å². The summed E-state index contributed by atoms with van der Waals surface area (Å²) in [5, 5.41) is 3.40. The summed E-state index contributed by atoms with van der Waals surface area (Å²) in [6.07, 6.45) is 3.12. The first-order valence-electron chi connectivity index (χ1n) is 4.93. The smallest absolute Gasteiger partial charge is 0.128 e. The summed E-state index contributed by atoms with van der Waals surface area (Å²) in [6.45, 7) is 0.379. The first-order chi connectivity index (χ1) is 8.15. The maximum atomic E-state index is 12.9. The summed E-state index contributed by atoms with van der Waals surface area (Å²) in [6, 6.07) is 5.01. The topological polar surface area (TPSA) is 24.9 Å². The first kappa shape index (κ1) is 11.8. The number of pyridine rings is 1. The van der Waals surface area contributed by atoms with Gasteiger partial charge in [0.05, 0.1) is 5.02 Å². The van der Waals surface area contributed by atoms with E-state index in [4.69, 9.17) is 11.6 Å². The molecular formula is C12H9ClF2N2. The second-order valence-electron chi connectivity index (χ2n) is 3.48. The molecule has 2 rings (SSSR count). The number of halogens is 3. The van der Waals surface area contributed by atoms with Gasteiger partial charge in [-0.1, -0.05) is 11.6 Å². The summed E-state index contributed by atoms with van der Waals surface area (Å²) in [5.41, 5.74) is 1.18. The van der Waals surface area contributed by atoms with E-state index in [1.54, 1.807) is 12.3 Å². The van der Waals surface area contributed by atoms with Crippen LogP contribution in [-0.2, 0) is 6.54 Å². The van der Waals surface area contributed by atoms with E-state index in [9.17, 15) is 8.78 Å². The number of aromatic nitrogens is 1.